The fraction of sp³-hybridized carbons (Fsp3) is 0.333. The van der Waals surface area contributed by atoms with Gasteiger partial charge in [0, 0.05) is 18.3 Å². The van der Waals surface area contributed by atoms with E-state index in [4.69, 9.17) is 9.47 Å². The molecule has 1 radical (unpaired) electrons. The molecule has 0 saturated heterocycles. The number of benzene rings is 1. The highest BCUT2D eigenvalue weighted by molar-refractivity contribution is 5.92. The second kappa shape index (κ2) is 6.77. The first-order valence-corrected chi connectivity index (χ1v) is 8.63. The predicted octanol–water partition coefficient (Wildman–Crippen LogP) is 4.11. The average molecular weight is 392 g/mol. The molecule has 0 amide bonds. The second-order valence-electron chi connectivity index (χ2n) is 6.49. The minimum absolute atomic E-state index is 0.0708. The van der Waals surface area contributed by atoms with Crippen molar-refractivity contribution in [2.24, 2.45) is 0 Å². The summed E-state index contributed by atoms with van der Waals surface area (Å²) >= 11 is 0. The summed E-state index contributed by atoms with van der Waals surface area (Å²) in [6, 6.07) is 6.16. The predicted molar refractivity (Wildman–Crippen MR) is 97.2 cm³/mol. The number of hydrogen-bond donors (Lipinski definition) is 3. The van der Waals surface area contributed by atoms with Gasteiger partial charge in [-0.25, -0.2) is 0 Å². The monoisotopic (exact) mass is 392 g/mol. The van der Waals surface area contributed by atoms with E-state index in [0.29, 0.717) is 30.4 Å². The largest absolute Gasteiger partial charge is 0.485 e. The van der Waals surface area contributed by atoms with Gasteiger partial charge in [-0.2, -0.15) is 23.1 Å². The third-order valence-corrected chi connectivity index (χ3v) is 4.00. The van der Waals surface area contributed by atoms with Crippen LogP contribution in [0.3, 0.4) is 0 Å². The van der Waals surface area contributed by atoms with Gasteiger partial charge in [-0.3, -0.25) is 0 Å². The summed E-state index contributed by atoms with van der Waals surface area (Å²) in [7, 11) is 0. The molecule has 2 aromatic heterocycles. The zero-order valence-electron chi connectivity index (χ0n) is 15.1. The summed E-state index contributed by atoms with van der Waals surface area (Å²) in [5, 5.41) is 5.86. The number of anilines is 3. The fourth-order valence-electron chi connectivity index (χ4n) is 2.91. The van der Waals surface area contributed by atoms with Crippen LogP contribution >= 0.6 is 0 Å². The van der Waals surface area contributed by atoms with E-state index >= 15 is 0 Å². The first-order chi connectivity index (χ1) is 13.3. The molecule has 3 heterocycles. The molecule has 3 aromatic rings. The highest BCUT2D eigenvalue weighted by atomic mass is 19.4. The van der Waals surface area contributed by atoms with Crippen LogP contribution in [-0.4, -0.2) is 34.2 Å². The number of fused-ring (bicyclic) bond motifs is 2. The van der Waals surface area contributed by atoms with Gasteiger partial charge >= 0.3 is 6.18 Å². The first-order valence-electron chi connectivity index (χ1n) is 8.63. The molecule has 0 fully saturated rings. The van der Waals surface area contributed by atoms with Crippen molar-refractivity contribution >= 4 is 28.5 Å². The minimum Gasteiger partial charge on any atom is -0.485 e. The summed E-state index contributed by atoms with van der Waals surface area (Å²) in [6.45, 7) is 4.43. The lowest BCUT2D eigenvalue weighted by atomic mass is 10.2. The smallest absolute Gasteiger partial charge is 0.418 e. The van der Waals surface area contributed by atoms with Gasteiger partial charge in [-0.15, -0.1) is 0 Å². The van der Waals surface area contributed by atoms with Crippen molar-refractivity contribution in [3.05, 3.63) is 30.0 Å². The van der Waals surface area contributed by atoms with Crippen LogP contribution in [0.1, 0.15) is 19.4 Å². The van der Waals surface area contributed by atoms with Crippen LogP contribution in [0.4, 0.5) is 30.6 Å². The third-order valence-electron chi connectivity index (χ3n) is 4.00. The highest BCUT2D eigenvalue weighted by Crippen LogP contribution is 2.40. The van der Waals surface area contributed by atoms with Crippen molar-refractivity contribution in [2.45, 2.75) is 26.1 Å². The van der Waals surface area contributed by atoms with Gasteiger partial charge in [0.15, 0.2) is 11.5 Å². The van der Waals surface area contributed by atoms with E-state index in [1.165, 1.54) is 0 Å². The Balaban J connectivity index is 1.79. The Morgan fingerprint density at radius 1 is 1.21 bits per heavy atom. The second-order valence-corrected chi connectivity index (χ2v) is 6.49. The van der Waals surface area contributed by atoms with Gasteiger partial charge < -0.3 is 25.1 Å². The number of ether oxygens (including phenoxy) is 2. The molecule has 0 bridgehead atoms. The van der Waals surface area contributed by atoms with Gasteiger partial charge in [0.2, 0.25) is 5.95 Å². The van der Waals surface area contributed by atoms with Crippen LogP contribution in [0.15, 0.2) is 18.3 Å². The molecule has 0 unspecified atom stereocenters. The van der Waals surface area contributed by atoms with E-state index in [1.807, 2.05) is 13.8 Å². The molecule has 4 rings (SSSR count). The molecule has 1 aliphatic rings. The summed E-state index contributed by atoms with van der Waals surface area (Å²) < 4.78 is 51.2. The lowest BCUT2D eigenvalue weighted by molar-refractivity contribution is -0.136. The average Bonchev–Trinajstić information content (AvgIpc) is 3.06. The molecule has 147 valence electrons. The van der Waals surface area contributed by atoms with Crippen molar-refractivity contribution in [1.29, 1.82) is 0 Å². The quantitative estimate of drug-likeness (QED) is 0.620. The van der Waals surface area contributed by atoms with Gasteiger partial charge in [-0.1, -0.05) is 0 Å². The Labute approximate surface area is 158 Å². The van der Waals surface area contributed by atoms with E-state index in [9.17, 15) is 13.2 Å². The van der Waals surface area contributed by atoms with Crippen LogP contribution in [-0.2, 0) is 6.18 Å². The van der Waals surface area contributed by atoms with Gasteiger partial charge in [0.25, 0.3) is 0 Å². The number of hydrogen-bond acceptors (Lipinski definition) is 6. The van der Waals surface area contributed by atoms with Crippen molar-refractivity contribution in [2.75, 3.05) is 23.8 Å². The van der Waals surface area contributed by atoms with Crippen molar-refractivity contribution in [3.8, 4) is 11.5 Å². The fourth-order valence-corrected chi connectivity index (χ4v) is 2.91. The molecular formula is C18H17F3N5O2. The van der Waals surface area contributed by atoms with E-state index in [2.05, 4.69) is 31.7 Å². The molecule has 0 spiro atoms. The normalized spacial score (nSPS) is 13.8. The lowest BCUT2D eigenvalue weighted by Gasteiger charge is -2.21. The molecular weight excluding hydrogens is 375 g/mol. The maximum absolute atomic E-state index is 13.4. The molecule has 3 N–H and O–H groups in total. The summed E-state index contributed by atoms with van der Waals surface area (Å²) in [5.41, 5.74) is -0.215. The number of rotatable bonds is 4. The molecule has 7 nitrogen and oxygen atoms in total. The molecule has 10 heteroatoms. The maximum atomic E-state index is 13.4. The summed E-state index contributed by atoms with van der Waals surface area (Å²) in [4.78, 5) is 11.1. The van der Waals surface area contributed by atoms with Gasteiger partial charge in [0.1, 0.15) is 24.7 Å². The summed E-state index contributed by atoms with van der Waals surface area (Å²) in [5.74, 6) is 1.12. The van der Waals surface area contributed by atoms with Gasteiger partial charge in [0.05, 0.1) is 16.6 Å². The number of aromatic nitrogens is 3. The number of halogens is 3. The Bertz CT molecular complexity index is 1020. The number of H-pyrrole nitrogens is 1. The van der Waals surface area contributed by atoms with Crippen LogP contribution in [0.5, 0.6) is 11.5 Å². The molecule has 0 saturated carbocycles. The standard InChI is InChI=1S/C18H17F3N5O2/c1-9(2)23-16-13-10(18(19,20)21)8-22-15(13)25-17(26-16)24-11-4-3-5-12-14(11)28-7-6-27-12/h3-4,8-9H,6-7H2,1-2H3,(H3,22,23,24,25,26). The first kappa shape index (κ1) is 18.2. The SMILES string of the molecule is CC(C)Nc1nc(Nc2cc[c]c3c2OCCO3)nc2[nH]cc(C(F)(F)F)c12. The topological polar surface area (TPSA) is 84.1 Å². The highest BCUT2D eigenvalue weighted by Gasteiger charge is 2.35. The molecule has 1 aliphatic heterocycles. The van der Waals surface area contributed by atoms with Crippen molar-refractivity contribution in [1.82, 2.24) is 15.0 Å². The van der Waals surface area contributed by atoms with Crippen LogP contribution in [0.2, 0.25) is 0 Å². The van der Waals surface area contributed by atoms with Crippen molar-refractivity contribution < 1.29 is 22.6 Å². The van der Waals surface area contributed by atoms with Gasteiger partial charge in [-0.05, 0) is 26.0 Å². The van der Waals surface area contributed by atoms with Crippen molar-refractivity contribution in [3.63, 3.8) is 0 Å². The Morgan fingerprint density at radius 2 is 2.00 bits per heavy atom. The lowest BCUT2D eigenvalue weighted by Crippen LogP contribution is -2.17. The Kier molecular flexibility index (Phi) is 4.40. The molecule has 0 aliphatic carbocycles. The van der Waals surface area contributed by atoms with Crippen LogP contribution in [0.25, 0.3) is 11.0 Å². The Hall–Kier alpha value is -3.17. The summed E-state index contributed by atoms with van der Waals surface area (Å²) in [6.07, 6.45) is -3.63. The zero-order valence-corrected chi connectivity index (χ0v) is 15.1. The number of aromatic amines is 1. The third kappa shape index (κ3) is 3.37. The zero-order chi connectivity index (χ0) is 19.9. The number of nitrogens with one attached hydrogen (secondary N) is 3. The Morgan fingerprint density at radius 3 is 2.75 bits per heavy atom. The van der Waals surface area contributed by atoms with Crippen LogP contribution < -0.4 is 20.1 Å². The molecule has 0 atom stereocenters. The van der Waals surface area contributed by atoms with E-state index in [-0.39, 0.29) is 28.8 Å². The maximum Gasteiger partial charge on any atom is 0.418 e. The number of nitrogens with zero attached hydrogens (tertiary/aromatic N) is 2. The minimum atomic E-state index is -4.52. The van der Waals surface area contributed by atoms with E-state index in [0.717, 1.165) is 6.20 Å². The number of alkyl halides is 3. The molecule has 28 heavy (non-hydrogen) atoms. The van der Waals surface area contributed by atoms with E-state index in [1.54, 1.807) is 12.1 Å². The van der Waals surface area contributed by atoms with Crippen LogP contribution in [0, 0.1) is 6.07 Å². The van der Waals surface area contributed by atoms with E-state index < -0.39 is 11.7 Å². The molecule has 1 aromatic carbocycles.